The summed E-state index contributed by atoms with van der Waals surface area (Å²) in [5.41, 5.74) is -0.530. The van der Waals surface area contributed by atoms with Gasteiger partial charge in [-0.25, -0.2) is 4.39 Å². The van der Waals surface area contributed by atoms with Crippen LogP contribution < -0.4 is 5.32 Å². The molecule has 0 aliphatic rings. The summed E-state index contributed by atoms with van der Waals surface area (Å²) < 4.78 is 19.7. The fourth-order valence-electron chi connectivity index (χ4n) is 2.16. The third-order valence-electron chi connectivity index (χ3n) is 3.83. The number of anilines is 1. The summed E-state index contributed by atoms with van der Waals surface area (Å²) in [5, 5.41) is 2.33. The van der Waals surface area contributed by atoms with Gasteiger partial charge in [0.2, 0.25) is 5.91 Å². The van der Waals surface area contributed by atoms with E-state index >= 15 is 0 Å². The molecule has 0 aromatic heterocycles. The molecule has 0 radical (unpaired) electrons. The van der Waals surface area contributed by atoms with Crippen LogP contribution >= 0.6 is 23.4 Å². The predicted octanol–water partition coefficient (Wildman–Crippen LogP) is 6.07. The minimum atomic E-state index is -0.606. The molecule has 0 aliphatic heterocycles. The van der Waals surface area contributed by atoms with Gasteiger partial charge in [-0.2, -0.15) is 0 Å². The zero-order chi connectivity index (χ0) is 20.8. The van der Waals surface area contributed by atoms with Crippen molar-refractivity contribution in [2.24, 2.45) is 5.92 Å². The maximum atomic E-state index is 14.2. The first-order chi connectivity index (χ1) is 12.5. The Morgan fingerprint density at radius 1 is 1.30 bits per heavy atom. The minimum Gasteiger partial charge on any atom is -0.459 e. The summed E-state index contributed by atoms with van der Waals surface area (Å²) in [7, 11) is 0. The van der Waals surface area contributed by atoms with Gasteiger partial charge in [0.15, 0.2) is 0 Å². The van der Waals surface area contributed by atoms with E-state index < -0.39 is 16.7 Å². The largest absolute Gasteiger partial charge is 0.459 e. The van der Waals surface area contributed by atoms with Gasteiger partial charge in [-0.1, -0.05) is 38.8 Å². The second-order valence-electron chi connectivity index (χ2n) is 7.49. The molecule has 7 heteroatoms. The zero-order valence-corrected chi connectivity index (χ0v) is 18.4. The maximum absolute atomic E-state index is 14.2. The van der Waals surface area contributed by atoms with Crippen LogP contribution in [-0.2, 0) is 14.3 Å². The summed E-state index contributed by atoms with van der Waals surface area (Å²) in [6.07, 6.45) is 2.04. The Balaban J connectivity index is 3.07. The molecule has 2 atom stereocenters. The van der Waals surface area contributed by atoms with Gasteiger partial charge in [-0.3, -0.25) is 9.59 Å². The molecule has 1 rings (SSSR count). The van der Waals surface area contributed by atoms with Gasteiger partial charge < -0.3 is 10.1 Å². The summed E-state index contributed by atoms with van der Waals surface area (Å²) in [4.78, 5) is 25.1. The molecule has 0 saturated heterocycles. The van der Waals surface area contributed by atoms with Gasteiger partial charge in [0.1, 0.15) is 16.7 Å². The standard InChI is InChI=1S/C20H29ClFNO3S/c1-7-9-16(19(25)26-20(4,5)6)27-17-11-15(14(22)10-13(17)21)23-18(24)12(3)8-2/h10-12,16H,7-9H2,1-6H3,(H,23,24). The lowest BCUT2D eigenvalue weighted by Crippen LogP contribution is -2.30. The van der Waals surface area contributed by atoms with Crippen molar-refractivity contribution < 1.29 is 18.7 Å². The van der Waals surface area contributed by atoms with Gasteiger partial charge >= 0.3 is 5.97 Å². The lowest BCUT2D eigenvalue weighted by Gasteiger charge is -2.24. The Kier molecular flexibility index (Phi) is 9.09. The number of thioether (sulfide) groups is 1. The molecule has 27 heavy (non-hydrogen) atoms. The molecule has 0 spiro atoms. The van der Waals surface area contributed by atoms with Crippen LogP contribution in [0.1, 0.15) is 60.8 Å². The summed E-state index contributed by atoms with van der Waals surface area (Å²) in [6, 6.07) is 2.64. The number of benzene rings is 1. The van der Waals surface area contributed by atoms with Crippen molar-refractivity contribution in [3.63, 3.8) is 0 Å². The number of ether oxygens (including phenoxy) is 1. The Bertz CT molecular complexity index is 676. The van der Waals surface area contributed by atoms with E-state index in [1.54, 1.807) is 6.92 Å². The predicted molar refractivity (Wildman–Crippen MR) is 110 cm³/mol. The van der Waals surface area contributed by atoms with Crippen LogP contribution in [0.3, 0.4) is 0 Å². The van der Waals surface area contributed by atoms with Gasteiger partial charge in [0.05, 0.1) is 10.7 Å². The molecule has 0 bridgehead atoms. The van der Waals surface area contributed by atoms with E-state index in [9.17, 15) is 14.0 Å². The highest BCUT2D eigenvalue weighted by molar-refractivity contribution is 8.00. The lowest BCUT2D eigenvalue weighted by atomic mass is 10.1. The van der Waals surface area contributed by atoms with Crippen LogP contribution in [0, 0.1) is 11.7 Å². The zero-order valence-electron chi connectivity index (χ0n) is 16.8. The average molecular weight is 418 g/mol. The molecule has 1 amide bonds. The lowest BCUT2D eigenvalue weighted by molar-refractivity contribution is -0.154. The number of nitrogens with one attached hydrogen (secondary N) is 1. The van der Waals surface area contributed by atoms with Crippen LogP contribution in [0.15, 0.2) is 17.0 Å². The molecule has 0 saturated carbocycles. The highest BCUT2D eigenvalue weighted by Gasteiger charge is 2.27. The fourth-order valence-corrected chi connectivity index (χ4v) is 3.61. The second kappa shape index (κ2) is 10.3. The van der Waals surface area contributed by atoms with E-state index in [2.05, 4.69) is 5.32 Å². The van der Waals surface area contributed by atoms with Crippen molar-refractivity contribution >= 4 is 40.9 Å². The molecule has 1 aromatic rings. The highest BCUT2D eigenvalue weighted by Crippen LogP contribution is 2.36. The van der Waals surface area contributed by atoms with Crippen LogP contribution in [0.2, 0.25) is 5.02 Å². The van der Waals surface area contributed by atoms with Crippen LogP contribution in [-0.4, -0.2) is 22.7 Å². The first-order valence-corrected chi connectivity index (χ1v) is 10.4. The topological polar surface area (TPSA) is 55.4 Å². The molecular weight excluding hydrogens is 389 g/mol. The summed E-state index contributed by atoms with van der Waals surface area (Å²) >= 11 is 7.41. The smallest absolute Gasteiger partial charge is 0.319 e. The molecule has 4 nitrogen and oxygen atoms in total. The van der Waals surface area contributed by atoms with Crippen molar-refractivity contribution in [2.75, 3.05) is 5.32 Å². The maximum Gasteiger partial charge on any atom is 0.319 e. The first kappa shape index (κ1) is 23.8. The minimum absolute atomic E-state index is 0.0617. The summed E-state index contributed by atoms with van der Waals surface area (Å²) in [5.74, 6) is -1.43. The number of hydrogen-bond donors (Lipinski definition) is 1. The molecule has 0 aliphatic carbocycles. The number of rotatable bonds is 8. The Morgan fingerprint density at radius 3 is 2.44 bits per heavy atom. The van der Waals surface area contributed by atoms with Crippen LogP contribution in [0.5, 0.6) is 0 Å². The van der Waals surface area contributed by atoms with Gasteiger partial charge in [-0.05, 0) is 45.7 Å². The van der Waals surface area contributed by atoms with E-state index in [4.69, 9.17) is 16.3 Å². The summed E-state index contributed by atoms with van der Waals surface area (Å²) in [6.45, 7) is 11.1. The second-order valence-corrected chi connectivity index (χ2v) is 9.14. The molecule has 1 aromatic carbocycles. The highest BCUT2D eigenvalue weighted by atomic mass is 35.5. The van der Waals surface area contributed by atoms with Crippen molar-refractivity contribution in [3.8, 4) is 0 Å². The number of halogens is 2. The Morgan fingerprint density at radius 2 is 1.93 bits per heavy atom. The SMILES string of the molecule is CCCC(Sc1cc(NC(=O)C(C)CC)c(F)cc1Cl)C(=O)OC(C)(C)C. The molecule has 0 fully saturated rings. The van der Waals surface area contributed by atoms with Crippen LogP contribution in [0.25, 0.3) is 0 Å². The molecule has 1 N–H and O–H groups in total. The number of carbonyl (C=O) groups excluding carboxylic acids is 2. The molecule has 152 valence electrons. The number of amides is 1. The quantitative estimate of drug-likeness (QED) is 0.412. The normalized spacial score (nSPS) is 13.8. The van der Waals surface area contributed by atoms with E-state index in [0.717, 1.165) is 12.5 Å². The number of carbonyl (C=O) groups is 2. The average Bonchev–Trinajstić information content (AvgIpc) is 2.55. The fraction of sp³-hybridized carbons (Fsp3) is 0.600. The van der Waals surface area contributed by atoms with Crippen molar-refractivity contribution in [1.29, 1.82) is 0 Å². The van der Waals surface area contributed by atoms with Gasteiger partial charge in [0, 0.05) is 10.8 Å². The third-order valence-corrected chi connectivity index (χ3v) is 5.56. The Labute approximate surface area is 170 Å². The Hall–Kier alpha value is -1.27. The van der Waals surface area contributed by atoms with Crippen LogP contribution in [0.4, 0.5) is 10.1 Å². The van der Waals surface area contributed by atoms with E-state index in [1.807, 2.05) is 34.6 Å². The third kappa shape index (κ3) is 7.70. The van der Waals surface area contributed by atoms with Crippen molar-refractivity contribution in [3.05, 3.63) is 23.0 Å². The van der Waals surface area contributed by atoms with Crippen molar-refractivity contribution in [1.82, 2.24) is 0 Å². The van der Waals surface area contributed by atoms with Gasteiger partial charge in [-0.15, -0.1) is 11.8 Å². The molecule has 0 heterocycles. The van der Waals surface area contributed by atoms with E-state index in [0.29, 0.717) is 17.7 Å². The van der Waals surface area contributed by atoms with Gasteiger partial charge in [0.25, 0.3) is 0 Å². The monoisotopic (exact) mass is 417 g/mol. The molecular formula is C20H29ClFNO3S. The van der Waals surface area contributed by atoms with E-state index in [-0.39, 0.29) is 28.5 Å². The first-order valence-electron chi connectivity index (χ1n) is 9.17. The van der Waals surface area contributed by atoms with E-state index in [1.165, 1.54) is 17.8 Å². The number of esters is 1. The number of hydrogen-bond acceptors (Lipinski definition) is 4. The van der Waals surface area contributed by atoms with Crippen molar-refractivity contribution in [2.45, 2.75) is 76.6 Å². The molecule has 2 unspecified atom stereocenters.